The lowest BCUT2D eigenvalue weighted by Crippen LogP contribution is -2.25. The SMILES string of the molecule is CC(C)(C)C(O)CCCc1cc(F)cc(Br)c1. The molecular weight excluding hydrogens is 283 g/mol. The van der Waals surface area contributed by atoms with Crippen LogP contribution in [0.2, 0.25) is 0 Å². The molecule has 0 spiro atoms. The summed E-state index contributed by atoms with van der Waals surface area (Å²) in [5.41, 5.74) is 0.890. The van der Waals surface area contributed by atoms with E-state index in [2.05, 4.69) is 15.9 Å². The molecule has 0 aliphatic heterocycles. The smallest absolute Gasteiger partial charge is 0.124 e. The first-order chi connectivity index (χ1) is 7.79. The molecular formula is C14H20BrFO. The molecule has 0 aromatic heterocycles. The second kappa shape index (κ2) is 5.96. The first-order valence-electron chi connectivity index (χ1n) is 5.92. The Hall–Kier alpha value is -0.410. The Bertz CT molecular complexity index is 351. The van der Waals surface area contributed by atoms with Gasteiger partial charge in [-0.25, -0.2) is 4.39 Å². The predicted molar refractivity (Wildman–Crippen MR) is 72.5 cm³/mol. The molecule has 1 rings (SSSR count). The van der Waals surface area contributed by atoms with Crippen molar-refractivity contribution in [3.63, 3.8) is 0 Å². The van der Waals surface area contributed by atoms with Crippen LogP contribution < -0.4 is 0 Å². The van der Waals surface area contributed by atoms with Gasteiger partial charge in [0.05, 0.1) is 6.10 Å². The summed E-state index contributed by atoms with van der Waals surface area (Å²) in [5, 5.41) is 9.89. The summed E-state index contributed by atoms with van der Waals surface area (Å²) in [5.74, 6) is -0.217. The fraction of sp³-hybridized carbons (Fsp3) is 0.571. The van der Waals surface area contributed by atoms with Crippen molar-refractivity contribution >= 4 is 15.9 Å². The summed E-state index contributed by atoms with van der Waals surface area (Å²) < 4.78 is 13.9. The van der Waals surface area contributed by atoms with Crippen LogP contribution in [0.15, 0.2) is 22.7 Å². The molecule has 0 amide bonds. The average Bonchev–Trinajstić information content (AvgIpc) is 2.14. The van der Waals surface area contributed by atoms with Gasteiger partial charge in [0.2, 0.25) is 0 Å². The number of aryl methyl sites for hydroxylation is 1. The van der Waals surface area contributed by atoms with Gasteiger partial charge in [-0.15, -0.1) is 0 Å². The van der Waals surface area contributed by atoms with Gasteiger partial charge in [0.1, 0.15) is 5.82 Å². The number of rotatable bonds is 4. The maximum atomic E-state index is 13.1. The minimum absolute atomic E-state index is 0.0808. The van der Waals surface area contributed by atoms with Gasteiger partial charge in [0.15, 0.2) is 0 Å². The highest BCUT2D eigenvalue weighted by molar-refractivity contribution is 9.10. The van der Waals surface area contributed by atoms with E-state index in [1.54, 1.807) is 6.07 Å². The third-order valence-electron chi connectivity index (χ3n) is 2.87. The maximum Gasteiger partial charge on any atom is 0.124 e. The monoisotopic (exact) mass is 302 g/mol. The van der Waals surface area contributed by atoms with Crippen LogP contribution in [0.25, 0.3) is 0 Å². The molecule has 0 aliphatic rings. The second-order valence-corrected chi connectivity index (χ2v) is 6.47. The number of halogens is 2. The zero-order chi connectivity index (χ0) is 13.1. The molecule has 17 heavy (non-hydrogen) atoms. The molecule has 0 heterocycles. The van der Waals surface area contributed by atoms with Crippen molar-refractivity contribution in [2.75, 3.05) is 0 Å². The Labute approximate surface area is 111 Å². The minimum atomic E-state index is -0.306. The van der Waals surface area contributed by atoms with Crippen LogP contribution >= 0.6 is 15.9 Å². The van der Waals surface area contributed by atoms with Crippen molar-refractivity contribution in [1.82, 2.24) is 0 Å². The van der Waals surface area contributed by atoms with Crippen LogP contribution in [-0.4, -0.2) is 11.2 Å². The summed E-state index contributed by atoms with van der Waals surface area (Å²) >= 11 is 3.28. The van der Waals surface area contributed by atoms with Crippen LogP contribution in [-0.2, 0) is 6.42 Å². The van der Waals surface area contributed by atoms with E-state index >= 15 is 0 Å². The maximum absolute atomic E-state index is 13.1. The number of hydrogen-bond acceptors (Lipinski definition) is 1. The van der Waals surface area contributed by atoms with Crippen molar-refractivity contribution in [3.8, 4) is 0 Å². The Morgan fingerprint density at radius 1 is 1.29 bits per heavy atom. The molecule has 1 aromatic rings. The van der Waals surface area contributed by atoms with E-state index in [4.69, 9.17) is 0 Å². The quantitative estimate of drug-likeness (QED) is 0.878. The highest BCUT2D eigenvalue weighted by Crippen LogP contribution is 2.24. The van der Waals surface area contributed by atoms with E-state index < -0.39 is 0 Å². The Balaban J connectivity index is 2.46. The van der Waals surface area contributed by atoms with E-state index in [1.165, 1.54) is 6.07 Å². The molecule has 0 saturated heterocycles. The van der Waals surface area contributed by atoms with Crippen LogP contribution in [0, 0.1) is 11.2 Å². The zero-order valence-electron chi connectivity index (χ0n) is 10.6. The molecule has 1 N–H and O–H groups in total. The molecule has 96 valence electrons. The third-order valence-corrected chi connectivity index (χ3v) is 3.32. The van der Waals surface area contributed by atoms with Crippen LogP contribution in [0.1, 0.15) is 39.2 Å². The number of hydrogen-bond donors (Lipinski definition) is 1. The average molecular weight is 303 g/mol. The van der Waals surface area contributed by atoms with E-state index in [9.17, 15) is 9.50 Å². The molecule has 0 radical (unpaired) electrons. The van der Waals surface area contributed by atoms with Gasteiger partial charge in [-0.05, 0) is 48.4 Å². The van der Waals surface area contributed by atoms with E-state index in [1.807, 2.05) is 26.8 Å². The molecule has 1 unspecified atom stereocenters. The topological polar surface area (TPSA) is 20.2 Å². The number of aliphatic hydroxyl groups is 1. The molecule has 3 heteroatoms. The van der Waals surface area contributed by atoms with Gasteiger partial charge >= 0.3 is 0 Å². The van der Waals surface area contributed by atoms with Crippen molar-refractivity contribution in [3.05, 3.63) is 34.1 Å². The highest BCUT2D eigenvalue weighted by Gasteiger charge is 2.21. The minimum Gasteiger partial charge on any atom is -0.393 e. The first kappa shape index (κ1) is 14.7. The Kier molecular flexibility index (Phi) is 5.14. The Morgan fingerprint density at radius 3 is 2.47 bits per heavy atom. The summed E-state index contributed by atoms with van der Waals surface area (Å²) in [4.78, 5) is 0. The van der Waals surface area contributed by atoms with Gasteiger partial charge in [0, 0.05) is 4.47 Å². The van der Waals surface area contributed by atoms with Gasteiger partial charge in [-0.1, -0.05) is 36.7 Å². The zero-order valence-corrected chi connectivity index (χ0v) is 12.2. The van der Waals surface area contributed by atoms with Crippen LogP contribution in [0.4, 0.5) is 4.39 Å². The normalized spacial score (nSPS) is 13.8. The van der Waals surface area contributed by atoms with Crippen molar-refractivity contribution in [1.29, 1.82) is 0 Å². The molecule has 1 nitrogen and oxygen atoms in total. The number of benzene rings is 1. The number of aliphatic hydroxyl groups excluding tert-OH is 1. The molecule has 0 fully saturated rings. The second-order valence-electron chi connectivity index (χ2n) is 5.55. The van der Waals surface area contributed by atoms with E-state index in [0.29, 0.717) is 0 Å². The highest BCUT2D eigenvalue weighted by atomic mass is 79.9. The fourth-order valence-electron chi connectivity index (χ4n) is 1.69. The van der Waals surface area contributed by atoms with Gasteiger partial charge in [0.25, 0.3) is 0 Å². The lowest BCUT2D eigenvalue weighted by Gasteiger charge is -2.25. The van der Waals surface area contributed by atoms with E-state index in [-0.39, 0.29) is 17.3 Å². The fourth-order valence-corrected chi connectivity index (χ4v) is 2.20. The van der Waals surface area contributed by atoms with Gasteiger partial charge < -0.3 is 5.11 Å². The summed E-state index contributed by atoms with van der Waals surface area (Å²) in [7, 11) is 0. The lowest BCUT2D eigenvalue weighted by atomic mass is 9.86. The first-order valence-corrected chi connectivity index (χ1v) is 6.71. The van der Waals surface area contributed by atoms with Crippen LogP contribution in [0.5, 0.6) is 0 Å². The van der Waals surface area contributed by atoms with Gasteiger partial charge in [-0.3, -0.25) is 0 Å². The largest absolute Gasteiger partial charge is 0.393 e. The summed E-state index contributed by atoms with van der Waals surface area (Å²) in [6, 6.07) is 4.92. The molecule has 1 atom stereocenters. The summed E-state index contributed by atoms with van der Waals surface area (Å²) in [6.07, 6.45) is 2.11. The van der Waals surface area contributed by atoms with E-state index in [0.717, 1.165) is 29.3 Å². The van der Waals surface area contributed by atoms with Gasteiger partial charge in [-0.2, -0.15) is 0 Å². The molecule has 1 aromatic carbocycles. The Morgan fingerprint density at radius 2 is 1.94 bits per heavy atom. The standard InChI is InChI=1S/C14H20BrFO/c1-14(2,3)13(17)6-4-5-10-7-11(15)9-12(16)8-10/h7-9,13,17H,4-6H2,1-3H3. The van der Waals surface area contributed by atoms with Crippen LogP contribution in [0.3, 0.4) is 0 Å². The van der Waals surface area contributed by atoms with Crippen molar-refractivity contribution < 1.29 is 9.50 Å². The summed E-state index contributed by atoms with van der Waals surface area (Å²) in [6.45, 7) is 6.07. The molecule has 0 bridgehead atoms. The molecule has 0 aliphatic carbocycles. The predicted octanol–water partition coefficient (Wildman–Crippen LogP) is 4.32. The third kappa shape index (κ3) is 5.17. The molecule has 0 saturated carbocycles. The van der Waals surface area contributed by atoms with Crippen molar-refractivity contribution in [2.45, 2.75) is 46.1 Å². The van der Waals surface area contributed by atoms with Crippen molar-refractivity contribution in [2.24, 2.45) is 5.41 Å². The lowest BCUT2D eigenvalue weighted by molar-refractivity contribution is 0.0540.